The minimum Gasteiger partial charge on any atom is -0.362 e. The number of hydrogen-bond acceptors (Lipinski definition) is 4. The number of hydrogen-bond donors (Lipinski definition) is 0. The maximum absolute atomic E-state index is 12.6. The molecule has 0 N–H and O–H groups in total. The van der Waals surface area contributed by atoms with Crippen LogP contribution >= 0.6 is 11.6 Å². The molecule has 74 valence electrons. The Kier molecular flexibility index (Phi) is 2.89. The van der Waals surface area contributed by atoms with Crippen LogP contribution in [0.3, 0.4) is 0 Å². The van der Waals surface area contributed by atoms with Crippen molar-refractivity contribution in [2.45, 2.75) is 11.8 Å². The number of ether oxygens (including phenoxy) is 1. The molecule has 0 saturated carbocycles. The zero-order valence-electron chi connectivity index (χ0n) is 6.57. The summed E-state index contributed by atoms with van der Waals surface area (Å²) >= 11 is 5.41. The fourth-order valence-electron chi connectivity index (χ4n) is 0.808. The fourth-order valence-corrected chi connectivity index (χ4v) is 1.86. The first kappa shape index (κ1) is 10.4. The molecular weight excluding hydrogens is 223 g/mol. The Labute approximate surface area is 79.3 Å². The Bertz CT molecular complexity index is 402. The molecule has 0 radical (unpaired) electrons. The van der Waals surface area contributed by atoms with E-state index in [2.05, 4.69) is 9.84 Å². The zero-order chi connectivity index (χ0) is 10.1. The maximum atomic E-state index is 12.6. The van der Waals surface area contributed by atoms with Crippen molar-refractivity contribution < 1.29 is 17.0 Å². The Morgan fingerprint density at radius 2 is 2.38 bits per heavy atom. The number of nitrogens with zero attached hydrogens (tertiary/aromatic N) is 2. The predicted molar refractivity (Wildman–Crippen MR) is 42.5 cm³/mol. The summed E-state index contributed by atoms with van der Waals surface area (Å²) in [4.78, 5) is 0. The third-order valence-electron chi connectivity index (χ3n) is 1.23. The summed E-state index contributed by atoms with van der Waals surface area (Å²) in [5, 5.41) is 2.56. The number of aromatic nitrogens is 2. The van der Waals surface area contributed by atoms with E-state index in [0.717, 1.165) is 10.9 Å². The second kappa shape index (κ2) is 3.60. The van der Waals surface area contributed by atoms with Crippen LogP contribution in [-0.2, 0) is 21.7 Å². The van der Waals surface area contributed by atoms with Gasteiger partial charge >= 0.3 is 10.2 Å². The van der Waals surface area contributed by atoms with Crippen LogP contribution in [-0.4, -0.2) is 25.3 Å². The molecule has 5 nitrogen and oxygen atoms in total. The van der Waals surface area contributed by atoms with Gasteiger partial charge < -0.3 is 4.74 Å². The Balaban J connectivity index is 3.25. The van der Waals surface area contributed by atoms with Crippen LogP contribution in [0, 0.1) is 0 Å². The largest absolute Gasteiger partial charge is 0.362 e. The van der Waals surface area contributed by atoms with E-state index in [1.807, 2.05) is 0 Å². The highest BCUT2D eigenvalue weighted by atomic mass is 35.5. The molecule has 0 amide bonds. The van der Waals surface area contributed by atoms with Crippen molar-refractivity contribution in [2.75, 3.05) is 7.11 Å². The quantitative estimate of drug-likeness (QED) is 0.718. The van der Waals surface area contributed by atoms with Crippen molar-refractivity contribution in [3.63, 3.8) is 0 Å². The number of methoxy groups -OCH3 is 1. The summed E-state index contributed by atoms with van der Waals surface area (Å²) < 4.78 is 39.1. The Hall–Kier alpha value is -0.660. The van der Waals surface area contributed by atoms with Gasteiger partial charge in [-0.1, -0.05) is 15.5 Å². The molecule has 0 spiro atoms. The second-order valence-corrected chi connectivity index (χ2v) is 3.82. The third kappa shape index (κ3) is 2.17. The molecule has 0 aliphatic rings. The van der Waals surface area contributed by atoms with Crippen molar-refractivity contribution in [1.82, 2.24) is 9.78 Å². The van der Waals surface area contributed by atoms with Gasteiger partial charge in [0.1, 0.15) is 11.8 Å². The van der Waals surface area contributed by atoms with Gasteiger partial charge in [-0.05, 0) is 0 Å². The van der Waals surface area contributed by atoms with Gasteiger partial charge in [-0.3, -0.25) is 0 Å². The molecule has 1 aromatic heterocycles. The van der Waals surface area contributed by atoms with E-state index in [1.54, 1.807) is 0 Å². The molecule has 1 aromatic rings. The van der Waals surface area contributed by atoms with Crippen molar-refractivity contribution in [3.8, 4) is 0 Å². The van der Waals surface area contributed by atoms with Crippen molar-refractivity contribution >= 4 is 21.8 Å². The van der Waals surface area contributed by atoms with Gasteiger partial charge in [0.05, 0.1) is 6.20 Å². The molecular formula is C5H6ClFN2O3S. The topological polar surface area (TPSA) is 61.2 Å². The van der Waals surface area contributed by atoms with E-state index < -0.39 is 15.2 Å². The van der Waals surface area contributed by atoms with Crippen LogP contribution in [0.4, 0.5) is 3.89 Å². The van der Waals surface area contributed by atoms with Gasteiger partial charge in [0, 0.05) is 7.11 Å². The zero-order valence-corrected chi connectivity index (χ0v) is 8.14. The highest BCUT2D eigenvalue weighted by Gasteiger charge is 2.23. The van der Waals surface area contributed by atoms with E-state index in [0.29, 0.717) is 0 Å². The summed E-state index contributed by atoms with van der Waals surface area (Å²) in [5.74, 6) is 0. The average molecular weight is 229 g/mol. The molecule has 0 unspecified atom stereocenters. The minimum atomic E-state index is -4.85. The molecule has 0 saturated heterocycles. The van der Waals surface area contributed by atoms with Gasteiger partial charge in [-0.2, -0.15) is 13.5 Å². The van der Waals surface area contributed by atoms with Crippen LogP contribution in [0.1, 0.15) is 0 Å². The summed E-state index contributed by atoms with van der Waals surface area (Å²) in [6.07, 6.45) is 1.03. The standard InChI is InChI=1S/C5H6ClFN2O3S/c1-12-3-9-5(13(7,10)11)4(6)2-8-9/h2H,3H2,1H3. The molecule has 0 aliphatic heterocycles. The van der Waals surface area contributed by atoms with Crippen LogP contribution in [0.2, 0.25) is 5.02 Å². The van der Waals surface area contributed by atoms with Crippen LogP contribution < -0.4 is 0 Å². The third-order valence-corrected chi connectivity index (χ3v) is 2.51. The molecule has 1 rings (SSSR count). The fraction of sp³-hybridized carbons (Fsp3) is 0.400. The Morgan fingerprint density at radius 3 is 2.85 bits per heavy atom. The molecule has 0 atom stereocenters. The summed E-state index contributed by atoms with van der Waals surface area (Å²) in [6.45, 7) is -0.175. The van der Waals surface area contributed by atoms with Gasteiger partial charge in [0.2, 0.25) is 5.03 Å². The molecule has 0 aliphatic carbocycles. The molecule has 0 aromatic carbocycles. The van der Waals surface area contributed by atoms with E-state index in [-0.39, 0.29) is 11.8 Å². The highest BCUT2D eigenvalue weighted by molar-refractivity contribution is 7.86. The van der Waals surface area contributed by atoms with E-state index in [4.69, 9.17) is 11.6 Å². The summed E-state index contributed by atoms with van der Waals surface area (Å²) in [7, 11) is -3.53. The second-order valence-electron chi connectivity index (χ2n) is 2.15. The maximum Gasteiger partial charge on any atom is 0.351 e. The van der Waals surface area contributed by atoms with Crippen LogP contribution in [0.25, 0.3) is 0 Å². The first-order valence-corrected chi connectivity index (χ1v) is 4.88. The summed E-state index contributed by atoms with van der Waals surface area (Å²) in [5.41, 5.74) is 0. The predicted octanol–water partition coefficient (Wildman–Crippen LogP) is 0.799. The Morgan fingerprint density at radius 1 is 1.77 bits per heavy atom. The smallest absolute Gasteiger partial charge is 0.351 e. The van der Waals surface area contributed by atoms with Crippen molar-refractivity contribution in [3.05, 3.63) is 11.2 Å². The SMILES string of the molecule is COCn1ncc(Cl)c1S(=O)(=O)F. The van der Waals surface area contributed by atoms with Gasteiger partial charge in [0.15, 0.2) is 0 Å². The van der Waals surface area contributed by atoms with E-state index in [1.165, 1.54) is 7.11 Å². The first-order chi connectivity index (χ1) is 5.96. The molecule has 0 fully saturated rings. The lowest BCUT2D eigenvalue weighted by atomic mass is 10.7. The molecule has 1 heterocycles. The molecule has 0 bridgehead atoms. The lowest BCUT2D eigenvalue weighted by Crippen LogP contribution is -2.08. The van der Waals surface area contributed by atoms with E-state index >= 15 is 0 Å². The molecule has 8 heteroatoms. The average Bonchev–Trinajstić information content (AvgIpc) is 2.31. The van der Waals surface area contributed by atoms with Crippen molar-refractivity contribution in [1.29, 1.82) is 0 Å². The first-order valence-electron chi connectivity index (χ1n) is 3.11. The van der Waals surface area contributed by atoms with Gasteiger partial charge in [-0.25, -0.2) is 4.68 Å². The summed E-state index contributed by atoms with van der Waals surface area (Å²) in [6, 6.07) is 0. The number of rotatable bonds is 3. The van der Waals surface area contributed by atoms with Crippen molar-refractivity contribution in [2.24, 2.45) is 0 Å². The highest BCUT2D eigenvalue weighted by Crippen LogP contribution is 2.22. The lowest BCUT2D eigenvalue weighted by molar-refractivity contribution is 0.112. The molecule has 13 heavy (non-hydrogen) atoms. The lowest BCUT2D eigenvalue weighted by Gasteiger charge is -2.01. The van der Waals surface area contributed by atoms with Gasteiger partial charge in [0.25, 0.3) is 0 Å². The van der Waals surface area contributed by atoms with E-state index in [9.17, 15) is 12.3 Å². The van der Waals surface area contributed by atoms with Crippen LogP contribution in [0.15, 0.2) is 11.2 Å². The minimum absolute atomic E-state index is 0.175. The monoisotopic (exact) mass is 228 g/mol. The normalized spacial score (nSPS) is 11.9. The van der Waals surface area contributed by atoms with Gasteiger partial charge in [-0.15, -0.1) is 0 Å². The van der Waals surface area contributed by atoms with Crippen LogP contribution in [0.5, 0.6) is 0 Å². The number of halogens is 2.